The second kappa shape index (κ2) is 7.36. The van der Waals surface area contributed by atoms with Crippen LogP contribution in [0.4, 0.5) is 14.5 Å². The molecule has 0 bridgehead atoms. The van der Waals surface area contributed by atoms with Crippen molar-refractivity contribution in [2.24, 2.45) is 0 Å². The summed E-state index contributed by atoms with van der Waals surface area (Å²) in [6.07, 6.45) is -1.71. The maximum absolute atomic E-state index is 13.9. The van der Waals surface area contributed by atoms with Crippen LogP contribution in [0.1, 0.15) is 5.56 Å². The van der Waals surface area contributed by atoms with Crippen LogP contribution in [0.2, 0.25) is 24.7 Å². The molecule has 0 aliphatic carbocycles. The van der Waals surface area contributed by atoms with E-state index in [-0.39, 0.29) is 5.70 Å². The monoisotopic (exact) mass is 367 g/mol. The van der Waals surface area contributed by atoms with Gasteiger partial charge in [-0.1, -0.05) is 43.4 Å². The summed E-state index contributed by atoms with van der Waals surface area (Å²) in [7, 11) is -0.581. The van der Waals surface area contributed by atoms with Gasteiger partial charge in [0.1, 0.15) is 11.4 Å². The van der Waals surface area contributed by atoms with Crippen molar-refractivity contribution in [3.63, 3.8) is 0 Å². The zero-order chi connectivity index (χ0) is 17.9. The lowest BCUT2D eigenvalue weighted by Gasteiger charge is -2.37. The molecule has 0 spiro atoms. The third-order valence-corrected chi connectivity index (χ3v) is 5.60. The molecule has 2 aromatic rings. The highest BCUT2D eigenvalue weighted by Gasteiger charge is 2.31. The summed E-state index contributed by atoms with van der Waals surface area (Å²) in [5.74, 6) is 0.687. The van der Waals surface area contributed by atoms with Gasteiger partial charge in [-0.2, -0.15) is 8.78 Å². The number of nitrogens with zero attached hydrogens (tertiary/aromatic N) is 1. The molecule has 0 saturated heterocycles. The standard InChI is InChI=1S/C18H20ClF2NOSi/c1-23-16-11-9-15(10-12-16)22(24(2,3)4)17(18(20)21)13-5-7-14(19)8-6-13/h5-12H,1-4H3. The fourth-order valence-electron chi connectivity index (χ4n) is 2.51. The molecule has 2 aromatic carbocycles. The van der Waals surface area contributed by atoms with Crippen LogP contribution in [-0.4, -0.2) is 15.3 Å². The van der Waals surface area contributed by atoms with Crippen molar-refractivity contribution in [2.45, 2.75) is 19.6 Å². The Morgan fingerprint density at radius 3 is 1.92 bits per heavy atom. The molecule has 6 heteroatoms. The highest BCUT2D eigenvalue weighted by atomic mass is 35.5. The Kier molecular flexibility index (Phi) is 5.67. The van der Waals surface area contributed by atoms with E-state index in [1.165, 1.54) is 0 Å². The van der Waals surface area contributed by atoms with Gasteiger partial charge >= 0.3 is 0 Å². The molecule has 2 nitrogen and oxygen atoms in total. The van der Waals surface area contributed by atoms with E-state index >= 15 is 0 Å². The van der Waals surface area contributed by atoms with Crippen molar-refractivity contribution in [3.05, 3.63) is 65.2 Å². The number of ether oxygens (including phenoxy) is 1. The summed E-state index contributed by atoms with van der Waals surface area (Å²) in [5, 5.41) is 0.515. The highest BCUT2D eigenvalue weighted by Crippen LogP contribution is 2.35. The molecule has 0 saturated carbocycles. The first-order valence-corrected chi connectivity index (χ1v) is 11.3. The quantitative estimate of drug-likeness (QED) is 0.578. The molecule has 128 valence electrons. The predicted octanol–water partition coefficient (Wildman–Crippen LogP) is 6.26. The van der Waals surface area contributed by atoms with Crippen LogP contribution in [0.15, 0.2) is 54.6 Å². The van der Waals surface area contributed by atoms with Crippen LogP contribution < -0.4 is 9.30 Å². The van der Waals surface area contributed by atoms with E-state index in [1.54, 1.807) is 60.2 Å². The lowest BCUT2D eigenvalue weighted by atomic mass is 10.1. The molecule has 0 radical (unpaired) electrons. The van der Waals surface area contributed by atoms with Gasteiger partial charge in [0.05, 0.1) is 7.11 Å². The largest absolute Gasteiger partial charge is 0.497 e. The second-order valence-electron chi connectivity index (χ2n) is 6.32. The summed E-state index contributed by atoms with van der Waals surface area (Å²) in [4.78, 5) is 0. The minimum absolute atomic E-state index is 0.0731. The summed E-state index contributed by atoms with van der Waals surface area (Å²) in [5.41, 5.74) is 1.08. The first-order valence-electron chi connectivity index (χ1n) is 7.49. The average Bonchev–Trinajstić information content (AvgIpc) is 2.52. The number of methoxy groups -OCH3 is 1. The molecule has 0 aliphatic heterocycles. The van der Waals surface area contributed by atoms with E-state index in [2.05, 4.69) is 0 Å². The second-order valence-corrected chi connectivity index (χ2v) is 11.5. The Hall–Kier alpha value is -1.85. The molecule has 0 N–H and O–H groups in total. The third-order valence-electron chi connectivity index (χ3n) is 3.52. The Morgan fingerprint density at radius 1 is 0.958 bits per heavy atom. The number of hydrogen-bond donors (Lipinski definition) is 0. The van der Waals surface area contributed by atoms with Gasteiger partial charge in [0, 0.05) is 16.3 Å². The third kappa shape index (κ3) is 4.16. The van der Waals surface area contributed by atoms with Crippen LogP contribution in [-0.2, 0) is 0 Å². The Balaban J connectivity index is 2.59. The summed E-state index contributed by atoms with van der Waals surface area (Å²) >= 11 is 5.89. The lowest BCUT2D eigenvalue weighted by Crippen LogP contribution is -2.45. The minimum Gasteiger partial charge on any atom is -0.497 e. The SMILES string of the molecule is COc1ccc(N(C(=C(F)F)c2ccc(Cl)cc2)[Si](C)(C)C)cc1. The number of hydrogen-bond acceptors (Lipinski definition) is 2. The van der Waals surface area contributed by atoms with Crippen molar-refractivity contribution in [2.75, 3.05) is 11.7 Å². The summed E-state index contributed by atoms with van der Waals surface area (Å²) < 4.78 is 34.7. The average molecular weight is 368 g/mol. The predicted molar refractivity (Wildman–Crippen MR) is 99.4 cm³/mol. The van der Waals surface area contributed by atoms with Gasteiger partial charge in [0.25, 0.3) is 6.08 Å². The molecular weight excluding hydrogens is 348 g/mol. The normalized spacial score (nSPS) is 11.1. The first-order chi connectivity index (χ1) is 11.2. The van der Waals surface area contributed by atoms with Gasteiger partial charge in [0.15, 0.2) is 8.24 Å². The van der Waals surface area contributed by atoms with Crippen molar-refractivity contribution in [1.82, 2.24) is 0 Å². The van der Waals surface area contributed by atoms with Gasteiger partial charge in [-0.05, 0) is 36.4 Å². The molecule has 0 heterocycles. The minimum atomic E-state index is -2.16. The summed E-state index contributed by atoms with van der Waals surface area (Å²) in [6.45, 7) is 6.07. The van der Waals surface area contributed by atoms with Crippen molar-refractivity contribution in [1.29, 1.82) is 0 Å². The van der Waals surface area contributed by atoms with Gasteiger partial charge in [-0.25, -0.2) is 0 Å². The first kappa shape index (κ1) is 18.5. The van der Waals surface area contributed by atoms with E-state index in [4.69, 9.17) is 16.3 Å². The van der Waals surface area contributed by atoms with Crippen molar-refractivity contribution >= 4 is 31.2 Å². The van der Waals surface area contributed by atoms with Crippen LogP contribution in [0.5, 0.6) is 5.75 Å². The van der Waals surface area contributed by atoms with E-state index in [0.29, 0.717) is 22.0 Å². The lowest BCUT2D eigenvalue weighted by molar-refractivity contribution is 0.415. The topological polar surface area (TPSA) is 12.5 Å². The van der Waals surface area contributed by atoms with E-state index < -0.39 is 14.3 Å². The van der Waals surface area contributed by atoms with E-state index in [0.717, 1.165) is 0 Å². The van der Waals surface area contributed by atoms with E-state index in [1.807, 2.05) is 19.6 Å². The maximum atomic E-state index is 13.9. The van der Waals surface area contributed by atoms with Gasteiger partial charge < -0.3 is 9.30 Å². The Morgan fingerprint density at radius 2 is 1.50 bits per heavy atom. The fourth-order valence-corrected chi connectivity index (χ4v) is 4.45. The molecule has 0 aromatic heterocycles. The van der Waals surface area contributed by atoms with Gasteiger partial charge in [0.2, 0.25) is 0 Å². The highest BCUT2D eigenvalue weighted by molar-refractivity contribution is 6.81. The van der Waals surface area contributed by atoms with Gasteiger partial charge in [-0.15, -0.1) is 0 Å². The van der Waals surface area contributed by atoms with Gasteiger partial charge in [-0.3, -0.25) is 0 Å². The smallest absolute Gasteiger partial charge is 0.293 e. The van der Waals surface area contributed by atoms with Crippen LogP contribution >= 0.6 is 11.6 Å². The van der Waals surface area contributed by atoms with E-state index in [9.17, 15) is 8.78 Å². The molecule has 0 fully saturated rings. The molecule has 24 heavy (non-hydrogen) atoms. The Labute approximate surface area is 147 Å². The zero-order valence-corrected chi connectivity index (χ0v) is 15.9. The Bertz CT molecular complexity index is 720. The van der Waals surface area contributed by atoms with Crippen LogP contribution in [0, 0.1) is 0 Å². The summed E-state index contributed by atoms with van der Waals surface area (Å²) in [6, 6.07) is 13.6. The fraction of sp³-hybridized carbons (Fsp3) is 0.222. The van der Waals surface area contributed by atoms with Crippen molar-refractivity contribution < 1.29 is 13.5 Å². The molecule has 0 atom stereocenters. The molecule has 0 amide bonds. The molecule has 0 unspecified atom stereocenters. The molecular formula is C18H20ClF2NOSi. The van der Waals surface area contributed by atoms with Crippen LogP contribution in [0.3, 0.4) is 0 Å². The molecule has 0 aliphatic rings. The number of benzene rings is 2. The maximum Gasteiger partial charge on any atom is 0.293 e. The van der Waals surface area contributed by atoms with Crippen molar-refractivity contribution in [3.8, 4) is 5.75 Å². The van der Waals surface area contributed by atoms with Crippen LogP contribution in [0.25, 0.3) is 5.70 Å². The number of halogens is 3. The number of rotatable bonds is 5. The zero-order valence-electron chi connectivity index (χ0n) is 14.1. The molecule has 2 rings (SSSR count). The number of anilines is 1.